The van der Waals surface area contributed by atoms with Gasteiger partial charge in [0.15, 0.2) is 0 Å². The maximum atomic E-state index is 11.9. The average Bonchev–Trinajstić information content (AvgIpc) is 2.47. The Labute approximate surface area is 133 Å². The molecule has 0 fully saturated rings. The van der Waals surface area contributed by atoms with Crippen LogP contribution in [0.1, 0.15) is 24.1 Å². The van der Waals surface area contributed by atoms with Crippen molar-refractivity contribution in [3.8, 4) is 0 Å². The summed E-state index contributed by atoms with van der Waals surface area (Å²) >= 11 is 3.39. The summed E-state index contributed by atoms with van der Waals surface area (Å²) in [5.41, 5.74) is 8.33. The molecule has 108 valence electrons. The maximum absolute atomic E-state index is 11.9. The third kappa shape index (κ3) is 4.76. The Bertz CT molecular complexity index is 633. The molecule has 3 nitrogen and oxygen atoms in total. The molecule has 0 bridgehead atoms. The van der Waals surface area contributed by atoms with Crippen molar-refractivity contribution in [1.82, 2.24) is 5.32 Å². The van der Waals surface area contributed by atoms with Gasteiger partial charge in [-0.25, -0.2) is 0 Å². The van der Waals surface area contributed by atoms with Crippen LogP contribution in [0.25, 0.3) is 6.08 Å². The lowest BCUT2D eigenvalue weighted by Crippen LogP contribution is -2.24. The Morgan fingerprint density at radius 2 is 1.76 bits per heavy atom. The summed E-state index contributed by atoms with van der Waals surface area (Å²) in [5, 5.41) is 2.93. The van der Waals surface area contributed by atoms with E-state index in [1.807, 2.05) is 55.5 Å². The number of carbonyl (C=O) groups excluding carboxylic acids is 1. The Morgan fingerprint density at radius 3 is 2.38 bits per heavy atom. The van der Waals surface area contributed by atoms with E-state index in [-0.39, 0.29) is 11.9 Å². The molecule has 0 saturated carbocycles. The van der Waals surface area contributed by atoms with E-state index in [0.717, 1.165) is 15.6 Å². The molecular weight excluding hydrogens is 328 g/mol. The van der Waals surface area contributed by atoms with E-state index in [1.54, 1.807) is 6.08 Å². The number of amides is 1. The van der Waals surface area contributed by atoms with Gasteiger partial charge in [-0.2, -0.15) is 0 Å². The standard InChI is InChI=1S/C17H17BrN2O/c1-12(14-5-7-15(18)8-6-14)20-17(21)11-4-13-2-9-16(19)10-3-13/h2-12H,19H2,1H3,(H,20,21)/b11-4+. The smallest absolute Gasteiger partial charge is 0.244 e. The van der Waals surface area contributed by atoms with Crippen molar-refractivity contribution in [2.45, 2.75) is 13.0 Å². The molecule has 2 aromatic rings. The Balaban J connectivity index is 1.94. The third-order valence-corrected chi connectivity index (χ3v) is 3.62. The topological polar surface area (TPSA) is 55.1 Å². The Morgan fingerprint density at radius 1 is 1.14 bits per heavy atom. The zero-order chi connectivity index (χ0) is 15.2. The number of carbonyl (C=O) groups is 1. The summed E-state index contributed by atoms with van der Waals surface area (Å²) in [6.07, 6.45) is 3.30. The quantitative estimate of drug-likeness (QED) is 0.652. The molecule has 0 radical (unpaired) electrons. The van der Waals surface area contributed by atoms with Crippen LogP contribution < -0.4 is 11.1 Å². The predicted molar refractivity (Wildman–Crippen MR) is 90.6 cm³/mol. The summed E-state index contributed by atoms with van der Waals surface area (Å²) in [6.45, 7) is 1.96. The van der Waals surface area contributed by atoms with Crippen LogP contribution in [0.3, 0.4) is 0 Å². The van der Waals surface area contributed by atoms with Gasteiger partial charge in [-0.05, 0) is 48.4 Å². The van der Waals surface area contributed by atoms with Crippen molar-refractivity contribution in [2.75, 3.05) is 5.73 Å². The molecule has 0 aliphatic rings. The minimum Gasteiger partial charge on any atom is -0.399 e. The van der Waals surface area contributed by atoms with Gasteiger partial charge in [-0.15, -0.1) is 0 Å². The van der Waals surface area contributed by atoms with Crippen molar-refractivity contribution in [3.05, 3.63) is 70.2 Å². The summed E-state index contributed by atoms with van der Waals surface area (Å²) in [7, 11) is 0. The van der Waals surface area contributed by atoms with Crippen LogP contribution in [0.5, 0.6) is 0 Å². The van der Waals surface area contributed by atoms with Gasteiger partial charge in [0.25, 0.3) is 0 Å². The molecule has 2 aromatic carbocycles. The maximum Gasteiger partial charge on any atom is 0.244 e. The Kier molecular flexibility index (Phi) is 5.17. The third-order valence-electron chi connectivity index (χ3n) is 3.09. The average molecular weight is 345 g/mol. The number of hydrogen-bond acceptors (Lipinski definition) is 2. The van der Waals surface area contributed by atoms with Crippen molar-refractivity contribution in [1.29, 1.82) is 0 Å². The van der Waals surface area contributed by atoms with Gasteiger partial charge >= 0.3 is 0 Å². The SMILES string of the molecule is CC(NC(=O)/C=C/c1ccc(N)cc1)c1ccc(Br)cc1. The van der Waals surface area contributed by atoms with E-state index in [2.05, 4.69) is 21.2 Å². The molecule has 3 N–H and O–H groups in total. The van der Waals surface area contributed by atoms with Crippen molar-refractivity contribution in [3.63, 3.8) is 0 Å². The second kappa shape index (κ2) is 7.09. The van der Waals surface area contributed by atoms with Gasteiger partial charge in [0.2, 0.25) is 5.91 Å². The minimum absolute atomic E-state index is 0.0401. The van der Waals surface area contributed by atoms with Crippen LogP contribution >= 0.6 is 15.9 Å². The fourth-order valence-corrected chi connectivity index (χ4v) is 2.14. The molecule has 0 saturated heterocycles. The second-order valence-corrected chi connectivity index (χ2v) is 5.70. The number of halogens is 1. The van der Waals surface area contributed by atoms with Gasteiger partial charge in [0.05, 0.1) is 6.04 Å². The molecule has 4 heteroatoms. The number of anilines is 1. The first-order valence-corrected chi connectivity index (χ1v) is 7.43. The van der Waals surface area contributed by atoms with Crippen LogP contribution in [0.4, 0.5) is 5.69 Å². The van der Waals surface area contributed by atoms with Crippen LogP contribution in [0.15, 0.2) is 59.1 Å². The number of nitrogens with one attached hydrogen (secondary N) is 1. The summed E-state index contributed by atoms with van der Waals surface area (Å²) in [6, 6.07) is 15.2. The molecule has 1 amide bonds. The Hall–Kier alpha value is -2.07. The highest BCUT2D eigenvalue weighted by molar-refractivity contribution is 9.10. The number of nitrogens with two attached hydrogens (primary N) is 1. The first kappa shape index (κ1) is 15.3. The summed E-state index contributed by atoms with van der Waals surface area (Å²) in [5.74, 6) is -0.123. The summed E-state index contributed by atoms with van der Waals surface area (Å²) in [4.78, 5) is 11.9. The molecule has 0 spiro atoms. The van der Waals surface area contributed by atoms with Gasteiger partial charge < -0.3 is 11.1 Å². The molecule has 0 heterocycles. The molecular formula is C17H17BrN2O. The van der Waals surface area contributed by atoms with E-state index in [1.165, 1.54) is 6.08 Å². The number of hydrogen-bond donors (Lipinski definition) is 2. The van der Waals surface area contributed by atoms with E-state index in [9.17, 15) is 4.79 Å². The normalized spacial score (nSPS) is 12.3. The molecule has 2 rings (SSSR count). The molecule has 0 aliphatic heterocycles. The van der Waals surface area contributed by atoms with Crippen molar-refractivity contribution >= 4 is 33.6 Å². The largest absolute Gasteiger partial charge is 0.399 e. The van der Waals surface area contributed by atoms with Gasteiger partial charge in [0.1, 0.15) is 0 Å². The second-order valence-electron chi connectivity index (χ2n) is 4.78. The van der Waals surface area contributed by atoms with E-state index >= 15 is 0 Å². The zero-order valence-electron chi connectivity index (χ0n) is 11.7. The van der Waals surface area contributed by atoms with Crippen molar-refractivity contribution < 1.29 is 4.79 Å². The highest BCUT2D eigenvalue weighted by Crippen LogP contribution is 2.16. The predicted octanol–water partition coefficient (Wildman–Crippen LogP) is 3.92. The molecule has 0 aromatic heterocycles. The van der Waals surface area contributed by atoms with Crippen LogP contribution in [-0.2, 0) is 4.79 Å². The van der Waals surface area contributed by atoms with Crippen LogP contribution in [0, 0.1) is 0 Å². The summed E-state index contributed by atoms with van der Waals surface area (Å²) < 4.78 is 1.02. The van der Waals surface area contributed by atoms with Crippen LogP contribution in [0.2, 0.25) is 0 Å². The zero-order valence-corrected chi connectivity index (χ0v) is 13.3. The van der Waals surface area contributed by atoms with E-state index < -0.39 is 0 Å². The molecule has 1 atom stereocenters. The molecule has 0 aliphatic carbocycles. The first-order chi connectivity index (χ1) is 10.0. The number of nitrogen functional groups attached to an aromatic ring is 1. The number of rotatable bonds is 4. The van der Waals surface area contributed by atoms with E-state index in [0.29, 0.717) is 5.69 Å². The number of benzene rings is 2. The van der Waals surface area contributed by atoms with Crippen molar-refractivity contribution in [2.24, 2.45) is 0 Å². The fraction of sp³-hybridized carbons (Fsp3) is 0.118. The van der Waals surface area contributed by atoms with Gasteiger partial charge in [-0.3, -0.25) is 4.79 Å². The first-order valence-electron chi connectivity index (χ1n) is 6.64. The van der Waals surface area contributed by atoms with Crippen LogP contribution in [-0.4, -0.2) is 5.91 Å². The lowest BCUT2D eigenvalue weighted by atomic mass is 10.1. The lowest BCUT2D eigenvalue weighted by molar-refractivity contribution is -0.117. The van der Waals surface area contributed by atoms with Gasteiger partial charge in [-0.1, -0.05) is 40.2 Å². The van der Waals surface area contributed by atoms with E-state index in [4.69, 9.17) is 5.73 Å². The van der Waals surface area contributed by atoms with Gasteiger partial charge in [0, 0.05) is 16.2 Å². The fourth-order valence-electron chi connectivity index (χ4n) is 1.88. The highest BCUT2D eigenvalue weighted by Gasteiger charge is 2.06. The minimum atomic E-state index is -0.123. The highest BCUT2D eigenvalue weighted by atomic mass is 79.9. The lowest BCUT2D eigenvalue weighted by Gasteiger charge is -2.12. The molecule has 1 unspecified atom stereocenters. The monoisotopic (exact) mass is 344 g/mol. The molecule has 21 heavy (non-hydrogen) atoms.